The monoisotopic (exact) mass is 319 g/mol. The summed E-state index contributed by atoms with van der Waals surface area (Å²) < 4.78 is 0. The van der Waals surface area contributed by atoms with Gasteiger partial charge in [-0.05, 0) is 25.0 Å². The summed E-state index contributed by atoms with van der Waals surface area (Å²) in [6, 6.07) is 4.49. The molecular weight excluding hydrogens is 290 g/mol. The maximum absolute atomic E-state index is 12.0. The molecule has 0 radical (unpaired) electrons. The van der Waals surface area contributed by atoms with Gasteiger partial charge in [0, 0.05) is 45.7 Å². The minimum atomic E-state index is 0.0216. The Morgan fingerprint density at radius 3 is 2.17 bits per heavy atom. The third-order valence-electron chi connectivity index (χ3n) is 4.44. The van der Waals surface area contributed by atoms with Gasteiger partial charge in [0.1, 0.15) is 0 Å². The number of hydrogen-bond donors (Lipinski definition) is 0. The number of nitrogens with zero attached hydrogens (tertiary/aromatic N) is 5. The normalized spacial score (nSPS) is 16.3. The molecule has 2 rings (SSSR count). The van der Waals surface area contributed by atoms with E-state index in [9.17, 15) is 4.79 Å². The van der Waals surface area contributed by atoms with Crippen molar-refractivity contribution in [2.24, 2.45) is 0 Å². The molecule has 0 N–H and O–H groups in total. The highest BCUT2D eigenvalue weighted by Crippen LogP contribution is 2.23. The van der Waals surface area contributed by atoms with Crippen LogP contribution in [0.4, 0.5) is 10.6 Å². The zero-order valence-corrected chi connectivity index (χ0v) is 15.2. The number of amides is 2. The number of hydrogen-bond acceptors (Lipinski definition) is 4. The van der Waals surface area contributed by atoms with Crippen molar-refractivity contribution in [1.82, 2.24) is 20.0 Å². The predicted octanol–water partition coefficient (Wildman–Crippen LogP) is 2.36. The van der Waals surface area contributed by atoms with Gasteiger partial charge in [-0.2, -0.15) is 5.10 Å². The first-order valence-electron chi connectivity index (χ1n) is 8.23. The first kappa shape index (κ1) is 17.5. The first-order valence-corrected chi connectivity index (χ1v) is 8.23. The fourth-order valence-electron chi connectivity index (χ4n) is 2.85. The van der Waals surface area contributed by atoms with E-state index in [0.29, 0.717) is 6.04 Å². The molecule has 23 heavy (non-hydrogen) atoms. The fourth-order valence-corrected chi connectivity index (χ4v) is 2.85. The van der Waals surface area contributed by atoms with E-state index < -0.39 is 0 Å². The molecule has 1 aliphatic heterocycles. The molecule has 0 bridgehead atoms. The van der Waals surface area contributed by atoms with Gasteiger partial charge in [0.2, 0.25) is 0 Å². The molecule has 1 aromatic rings. The third kappa shape index (κ3) is 4.12. The molecular formula is C17H29N5O. The lowest BCUT2D eigenvalue weighted by molar-refractivity contribution is 0.155. The van der Waals surface area contributed by atoms with Gasteiger partial charge in [-0.3, -0.25) is 0 Å². The highest BCUT2D eigenvalue weighted by Gasteiger charge is 2.27. The van der Waals surface area contributed by atoms with Crippen molar-refractivity contribution in [2.45, 2.75) is 45.1 Å². The second kappa shape index (κ2) is 6.72. The standard InChI is InChI=1S/C17H29N5O/c1-17(2,3)14-7-8-15(19-18-14)22-11-9-13(10-12-22)21(6)16(23)20(4)5/h7-8,13H,9-12H2,1-6H3. The molecule has 0 saturated carbocycles. The molecule has 1 saturated heterocycles. The van der Waals surface area contributed by atoms with E-state index in [-0.39, 0.29) is 11.4 Å². The number of carbonyl (C=O) groups is 1. The lowest BCUT2D eigenvalue weighted by Crippen LogP contribution is -2.48. The highest BCUT2D eigenvalue weighted by atomic mass is 16.2. The van der Waals surface area contributed by atoms with Crippen LogP contribution >= 0.6 is 0 Å². The molecule has 0 spiro atoms. The Kier molecular flexibility index (Phi) is 5.12. The predicted molar refractivity (Wildman–Crippen MR) is 92.8 cm³/mol. The number of aromatic nitrogens is 2. The summed E-state index contributed by atoms with van der Waals surface area (Å²) in [7, 11) is 5.47. The van der Waals surface area contributed by atoms with Gasteiger partial charge in [0.05, 0.1) is 5.69 Å². The van der Waals surface area contributed by atoms with E-state index in [4.69, 9.17) is 0 Å². The summed E-state index contributed by atoms with van der Waals surface area (Å²) >= 11 is 0. The molecule has 0 aliphatic carbocycles. The molecule has 0 unspecified atom stereocenters. The Bertz CT molecular complexity index is 527. The third-order valence-corrected chi connectivity index (χ3v) is 4.44. The summed E-state index contributed by atoms with van der Waals surface area (Å²) in [5.41, 5.74) is 1.03. The molecule has 0 aromatic carbocycles. The van der Waals surface area contributed by atoms with Crippen LogP contribution < -0.4 is 4.90 Å². The van der Waals surface area contributed by atoms with E-state index in [1.165, 1.54) is 0 Å². The minimum absolute atomic E-state index is 0.0216. The van der Waals surface area contributed by atoms with Gasteiger partial charge in [-0.25, -0.2) is 4.79 Å². The molecule has 6 nitrogen and oxygen atoms in total. The molecule has 2 amide bonds. The number of urea groups is 1. The Hall–Kier alpha value is -1.85. The fraction of sp³-hybridized carbons (Fsp3) is 0.706. The number of carbonyl (C=O) groups excluding carboxylic acids is 1. The summed E-state index contributed by atoms with van der Waals surface area (Å²) in [6.45, 7) is 8.22. The average molecular weight is 319 g/mol. The van der Waals surface area contributed by atoms with E-state index in [0.717, 1.165) is 37.4 Å². The van der Waals surface area contributed by atoms with Crippen LogP contribution in [0.1, 0.15) is 39.3 Å². The molecule has 6 heteroatoms. The Morgan fingerprint density at radius 2 is 1.74 bits per heavy atom. The van der Waals surface area contributed by atoms with Crippen molar-refractivity contribution in [1.29, 1.82) is 0 Å². The van der Waals surface area contributed by atoms with E-state index in [2.05, 4.69) is 48.0 Å². The van der Waals surface area contributed by atoms with Crippen molar-refractivity contribution in [3.8, 4) is 0 Å². The topological polar surface area (TPSA) is 52.6 Å². The largest absolute Gasteiger partial charge is 0.355 e. The van der Waals surface area contributed by atoms with E-state index in [1.54, 1.807) is 19.0 Å². The van der Waals surface area contributed by atoms with Crippen molar-refractivity contribution >= 4 is 11.8 Å². The molecule has 128 valence electrons. The van der Waals surface area contributed by atoms with Gasteiger partial charge >= 0.3 is 6.03 Å². The van der Waals surface area contributed by atoms with Crippen LogP contribution in [0.25, 0.3) is 0 Å². The first-order chi connectivity index (χ1) is 10.7. The van der Waals surface area contributed by atoms with Gasteiger partial charge < -0.3 is 14.7 Å². The zero-order chi connectivity index (χ0) is 17.2. The number of anilines is 1. The van der Waals surface area contributed by atoms with Crippen LogP contribution in [0.15, 0.2) is 12.1 Å². The van der Waals surface area contributed by atoms with Crippen LogP contribution in [0.5, 0.6) is 0 Å². The van der Waals surface area contributed by atoms with Crippen LogP contribution in [0.2, 0.25) is 0 Å². The summed E-state index contributed by atoms with van der Waals surface area (Å²) in [4.78, 5) is 17.8. The smallest absolute Gasteiger partial charge is 0.319 e. The number of rotatable bonds is 2. The lowest BCUT2D eigenvalue weighted by Gasteiger charge is -2.38. The van der Waals surface area contributed by atoms with Crippen LogP contribution in [-0.4, -0.2) is 66.3 Å². The minimum Gasteiger partial charge on any atom is -0.355 e. The van der Waals surface area contributed by atoms with Crippen molar-refractivity contribution < 1.29 is 4.79 Å². The van der Waals surface area contributed by atoms with Crippen LogP contribution in [-0.2, 0) is 5.41 Å². The summed E-state index contributed by atoms with van der Waals surface area (Å²) in [5, 5.41) is 8.76. The summed E-state index contributed by atoms with van der Waals surface area (Å²) in [6.07, 6.45) is 1.91. The Labute approximate surface area is 139 Å². The van der Waals surface area contributed by atoms with Crippen LogP contribution in [0, 0.1) is 0 Å². The van der Waals surface area contributed by atoms with E-state index in [1.807, 2.05) is 11.9 Å². The van der Waals surface area contributed by atoms with Gasteiger partial charge in [0.15, 0.2) is 5.82 Å². The Balaban J connectivity index is 1.95. The Morgan fingerprint density at radius 1 is 1.13 bits per heavy atom. The second-order valence-corrected chi connectivity index (χ2v) is 7.53. The zero-order valence-electron chi connectivity index (χ0n) is 15.2. The molecule has 0 atom stereocenters. The highest BCUT2D eigenvalue weighted by molar-refractivity contribution is 5.73. The van der Waals surface area contributed by atoms with Gasteiger partial charge in [-0.15, -0.1) is 5.10 Å². The molecule has 1 aromatic heterocycles. The van der Waals surface area contributed by atoms with Gasteiger partial charge in [0.25, 0.3) is 0 Å². The SMILES string of the molecule is CN(C)C(=O)N(C)C1CCN(c2ccc(C(C)(C)C)nn2)CC1. The number of piperidine rings is 1. The van der Waals surface area contributed by atoms with Crippen molar-refractivity contribution in [2.75, 3.05) is 39.1 Å². The quantitative estimate of drug-likeness (QED) is 0.840. The second-order valence-electron chi connectivity index (χ2n) is 7.53. The molecule has 2 heterocycles. The van der Waals surface area contributed by atoms with Crippen LogP contribution in [0.3, 0.4) is 0 Å². The summed E-state index contributed by atoms with van der Waals surface area (Å²) in [5.74, 6) is 0.929. The van der Waals surface area contributed by atoms with Gasteiger partial charge in [-0.1, -0.05) is 20.8 Å². The lowest BCUT2D eigenvalue weighted by atomic mass is 9.92. The van der Waals surface area contributed by atoms with Crippen molar-refractivity contribution in [3.63, 3.8) is 0 Å². The van der Waals surface area contributed by atoms with E-state index >= 15 is 0 Å². The molecule has 1 fully saturated rings. The average Bonchev–Trinajstić information content (AvgIpc) is 2.53. The maximum Gasteiger partial charge on any atom is 0.319 e. The maximum atomic E-state index is 12.0. The van der Waals surface area contributed by atoms with Crippen molar-refractivity contribution in [3.05, 3.63) is 17.8 Å². The molecule has 1 aliphatic rings.